The van der Waals surface area contributed by atoms with E-state index >= 15 is 0 Å². The molecule has 0 saturated carbocycles. The molecule has 1 atom stereocenters. The van der Waals surface area contributed by atoms with Gasteiger partial charge in [0.1, 0.15) is 0 Å². The highest BCUT2D eigenvalue weighted by Crippen LogP contribution is 2.10. The summed E-state index contributed by atoms with van der Waals surface area (Å²) in [4.78, 5) is 11.1. The number of carbonyl (C=O) groups excluding carboxylic acids is 1. The van der Waals surface area contributed by atoms with Crippen LogP contribution < -0.4 is 11.1 Å². The molecule has 4 nitrogen and oxygen atoms in total. The zero-order valence-corrected chi connectivity index (χ0v) is 9.43. The van der Waals surface area contributed by atoms with Crippen molar-refractivity contribution in [2.75, 3.05) is 20.3 Å². The van der Waals surface area contributed by atoms with Crippen LogP contribution in [-0.4, -0.2) is 31.7 Å². The lowest BCUT2D eigenvalue weighted by atomic mass is 9.95. The molecule has 0 aromatic rings. The Bertz CT molecular complexity index is 174. The smallest absolute Gasteiger partial charge is 0.237 e. The van der Waals surface area contributed by atoms with E-state index in [9.17, 15) is 4.79 Å². The quantitative estimate of drug-likeness (QED) is 0.568. The normalized spacial score (nSPS) is 15.1. The molecule has 0 aliphatic rings. The maximum absolute atomic E-state index is 11.1. The fraction of sp³-hybridized carbons (Fsp3) is 0.900. The first-order valence-corrected chi connectivity index (χ1v) is 5.13. The van der Waals surface area contributed by atoms with E-state index in [1.165, 1.54) is 0 Å². The van der Waals surface area contributed by atoms with Crippen LogP contribution in [0.4, 0.5) is 0 Å². The van der Waals surface area contributed by atoms with Gasteiger partial charge in [-0.25, -0.2) is 0 Å². The minimum absolute atomic E-state index is 0.310. The minimum atomic E-state index is -0.602. The molecule has 0 rings (SSSR count). The Balaban J connectivity index is 3.68. The number of hydrogen-bond donors (Lipinski definition) is 2. The Morgan fingerprint density at radius 2 is 2.14 bits per heavy atom. The zero-order valence-electron chi connectivity index (χ0n) is 9.43. The van der Waals surface area contributed by atoms with Gasteiger partial charge >= 0.3 is 0 Å². The summed E-state index contributed by atoms with van der Waals surface area (Å²) >= 11 is 0. The number of amides is 1. The first-order valence-electron chi connectivity index (χ1n) is 5.13. The molecule has 0 aromatic heterocycles. The number of primary amides is 1. The average Bonchev–Trinajstić information content (AvgIpc) is 2.17. The standard InChI is InChI=1S/C10H22N2O2/c1-4-7-14-8-5-6-10(2,12-3)9(11)13/h12H,4-8H2,1-3H3,(H2,11,13). The van der Waals surface area contributed by atoms with Crippen molar-refractivity contribution in [3.8, 4) is 0 Å². The monoisotopic (exact) mass is 202 g/mol. The maximum atomic E-state index is 11.1. The molecule has 0 aromatic carbocycles. The number of ether oxygens (including phenoxy) is 1. The van der Waals surface area contributed by atoms with Gasteiger partial charge in [0, 0.05) is 13.2 Å². The van der Waals surface area contributed by atoms with Crippen molar-refractivity contribution in [3.63, 3.8) is 0 Å². The Labute approximate surface area is 86.2 Å². The van der Waals surface area contributed by atoms with Gasteiger partial charge in [0.15, 0.2) is 0 Å². The second kappa shape index (κ2) is 6.79. The number of nitrogens with two attached hydrogens (primary N) is 1. The molecule has 0 heterocycles. The summed E-state index contributed by atoms with van der Waals surface area (Å²) in [5.74, 6) is -0.310. The third-order valence-corrected chi connectivity index (χ3v) is 2.41. The van der Waals surface area contributed by atoms with E-state index in [0.29, 0.717) is 13.0 Å². The van der Waals surface area contributed by atoms with Crippen molar-refractivity contribution in [1.82, 2.24) is 5.32 Å². The first-order chi connectivity index (χ1) is 6.56. The molecular formula is C10H22N2O2. The molecule has 0 fully saturated rings. The zero-order chi connectivity index (χ0) is 11.0. The molecule has 0 spiro atoms. The molecule has 4 heteroatoms. The summed E-state index contributed by atoms with van der Waals surface area (Å²) in [6.07, 6.45) is 2.59. The third kappa shape index (κ3) is 4.58. The van der Waals surface area contributed by atoms with Gasteiger partial charge in [-0.15, -0.1) is 0 Å². The summed E-state index contributed by atoms with van der Waals surface area (Å²) < 4.78 is 5.32. The van der Waals surface area contributed by atoms with Crippen LogP contribution in [0.25, 0.3) is 0 Å². The summed E-state index contributed by atoms with van der Waals surface area (Å²) in [5.41, 5.74) is 4.68. The molecule has 0 aliphatic carbocycles. The number of carbonyl (C=O) groups is 1. The first kappa shape index (κ1) is 13.4. The topological polar surface area (TPSA) is 64.3 Å². The lowest BCUT2D eigenvalue weighted by Gasteiger charge is -2.25. The highest BCUT2D eigenvalue weighted by molar-refractivity contribution is 5.84. The average molecular weight is 202 g/mol. The SMILES string of the molecule is CCCOCCCC(C)(NC)C(N)=O. The van der Waals surface area contributed by atoms with Crippen molar-refractivity contribution >= 4 is 5.91 Å². The van der Waals surface area contributed by atoms with E-state index in [4.69, 9.17) is 10.5 Å². The van der Waals surface area contributed by atoms with Gasteiger partial charge < -0.3 is 15.8 Å². The number of nitrogens with one attached hydrogen (secondary N) is 1. The van der Waals surface area contributed by atoms with Crippen molar-refractivity contribution in [1.29, 1.82) is 0 Å². The number of rotatable bonds is 8. The van der Waals surface area contributed by atoms with Gasteiger partial charge in [-0.1, -0.05) is 6.92 Å². The van der Waals surface area contributed by atoms with Crippen molar-refractivity contribution in [3.05, 3.63) is 0 Å². The van der Waals surface area contributed by atoms with E-state index in [2.05, 4.69) is 12.2 Å². The largest absolute Gasteiger partial charge is 0.381 e. The van der Waals surface area contributed by atoms with Gasteiger partial charge in [-0.05, 0) is 33.2 Å². The van der Waals surface area contributed by atoms with Crippen LogP contribution in [0.3, 0.4) is 0 Å². The maximum Gasteiger partial charge on any atom is 0.237 e. The molecule has 14 heavy (non-hydrogen) atoms. The van der Waals surface area contributed by atoms with Crippen LogP contribution in [0.5, 0.6) is 0 Å². The second-order valence-corrected chi connectivity index (χ2v) is 3.66. The fourth-order valence-corrected chi connectivity index (χ4v) is 1.15. The van der Waals surface area contributed by atoms with Crippen LogP contribution in [0, 0.1) is 0 Å². The summed E-state index contributed by atoms with van der Waals surface area (Å²) in [5, 5.41) is 2.94. The third-order valence-electron chi connectivity index (χ3n) is 2.41. The van der Waals surface area contributed by atoms with Gasteiger partial charge in [-0.2, -0.15) is 0 Å². The van der Waals surface area contributed by atoms with Gasteiger partial charge in [0.25, 0.3) is 0 Å². The van der Waals surface area contributed by atoms with Crippen LogP contribution in [0.1, 0.15) is 33.1 Å². The van der Waals surface area contributed by atoms with Crippen LogP contribution >= 0.6 is 0 Å². The van der Waals surface area contributed by atoms with Crippen molar-refractivity contribution < 1.29 is 9.53 Å². The molecule has 84 valence electrons. The van der Waals surface area contributed by atoms with Crippen LogP contribution in [0.15, 0.2) is 0 Å². The van der Waals surface area contributed by atoms with Gasteiger partial charge in [-0.3, -0.25) is 4.79 Å². The Morgan fingerprint density at radius 1 is 1.50 bits per heavy atom. The van der Waals surface area contributed by atoms with Crippen molar-refractivity contribution in [2.45, 2.75) is 38.6 Å². The molecule has 1 amide bonds. The molecule has 0 bridgehead atoms. The molecule has 0 aliphatic heterocycles. The van der Waals surface area contributed by atoms with Crippen LogP contribution in [-0.2, 0) is 9.53 Å². The lowest BCUT2D eigenvalue weighted by molar-refractivity contribution is -0.124. The second-order valence-electron chi connectivity index (χ2n) is 3.66. The fourth-order valence-electron chi connectivity index (χ4n) is 1.15. The summed E-state index contributed by atoms with van der Waals surface area (Å²) in [7, 11) is 1.75. The molecular weight excluding hydrogens is 180 g/mol. The number of likely N-dealkylation sites (N-methyl/N-ethyl adjacent to an activating group) is 1. The lowest BCUT2D eigenvalue weighted by Crippen LogP contribution is -2.51. The summed E-state index contributed by atoms with van der Waals surface area (Å²) in [6.45, 7) is 5.36. The predicted molar refractivity (Wildman–Crippen MR) is 57.0 cm³/mol. The van der Waals surface area contributed by atoms with E-state index < -0.39 is 5.54 Å². The Morgan fingerprint density at radius 3 is 2.57 bits per heavy atom. The number of hydrogen-bond acceptors (Lipinski definition) is 3. The van der Waals surface area contributed by atoms with Gasteiger partial charge in [0.05, 0.1) is 5.54 Å². The van der Waals surface area contributed by atoms with Crippen molar-refractivity contribution in [2.24, 2.45) is 5.73 Å². The van der Waals surface area contributed by atoms with E-state index in [-0.39, 0.29) is 5.91 Å². The van der Waals surface area contributed by atoms with E-state index in [1.54, 1.807) is 7.05 Å². The highest BCUT2D eigenvalue weighted by atomic mass is 16.5. The van der Waals surface area contributed by atoms with E-state index in [1.807, 2.05) is 6.92 Å². The van der Waals surface area contributed by atoms with Crippen LogP contribution in [0.2, 0.25) is 0 Å². The Hall–Kier alpha value is -0.610. The molecule has 0 saturated heterocycles. The highest BCUT2D eigenvalue weighted by Gasteiger charge is 2.27. The summed E-state index contributed by atoms with van der Waals surface area (Å²) in [6, 6.07) is 0. The van der Waals surface area contributed by atoms with Gasteiger partial charge in [0.2, 0.25) is 5.91 Å². The van der Waals surface area contributed by atoms with E-state index in [0.717, 1.165) is 19.4 Å². The minimum Gasteiger partial charge on any atom is -0.381 e. The molecule has 1 unspecified atom stereocenters. The predicted octanol–water partition coefficient (Wildman–Crippen LogP) is 0.657. The molecule has 0 radical (unpaired) electrons. The molecule has 3 N–H and O–H groups in total. The Kier molecular flexibility index (Phi) is 6.49.